The number of rotatable bonds is 3. The summed E-state index contributed by atoms with van der Waals surface area (Å²) in [7, 11) is 0. The minimum Gasteiger partial charge on any atom is -0.342 e. The van der Waals surface area contributed by atoms with Crippen molar-refractivity contribution in [2.24, 2.45) is 11.8 Å². The van der Waals surface area contributed by atoms with Crippen LogP contribution in [0.3, 0.4) is 0 Å². The molecule has 2 atom stereocenters. The van der Waals surface area contributed by atoms with Crippen molar-refractivity contribution in [2.45, 2.75) is 33.1 Å². The topological polar surface area (TPSA) is 20.3 Å². The van der Waals surface area contributed by atoms with Crippen molar-refractivity contribution in [3.63, 3.8) is 0 Å². The molecular weight excluding hydrogens is 242 g/mol. The number of halogens is 1. The molecule has 0 aromatic rings. The molecule has 0 saturated carbocycles. The normalized spacial score (nSPS) is 24.8. The highest BCUT2D eigenvalue weighted by Gasteiger charge is 2.25. The Balaban J connectivity index is 2.47. The van der Waals surface area contributed by atoms with Crippen LogP contribution in [-0.2, 0) is 4.79 Å². The summed E-state index contributed by atoms with van der Waals surface area (Å²) in [4.78, 5) is 13.9. The van der Waals surface area contributed by atoms with Crippen molar-refractivity contribution in [1.29, 1.82) is 0 Å². The molecule has 1 heterocycles. The zero-order valence-corrected chi connectivity index (χ0v) is 10.7. The third-order valence-electron chi connectivity index (χ3n) is 3.08. The van der Waals surface area contributed by atoms with E-state index in [0.717, 1.165) is 24.8 Å². The molecule has 0 N–H and O–H groups in total. The van der Waals surface area contributed by atoms with Crippen molar-refractivity contribution in [2.75, 3.05) is 18.4 Å². The summed E-state index contributed by atoms with van der Waals surface area (Å²) in [6.07, 6.45) is 3.38. The summed E-state index contributed by atoms with van der Waals surface area (Å²) in [5, 5.41) is 1.03. The zero-order chi connectivity index (χ0) is 10.6. The Morgan fingerprint density at radius 1 is 1.64 bits per heavy atom. The van der Waals surface area contributed by atoms with E-state index in [-0.39, 0.29) is 5.92 Å². The van der Waals surface area contributed by atoms with Gasteiger partial charge < -0.3 is 4.90 Å². The van der Waals surface area contributed by atoms with E-state index in [1.54, 1.807) is 0 Å². The van der Waals surface area contributed by atoms with Crippen molar-refractivity contribution >= 4 is 21.8 Å². The van der Waals surface area contributed by atoms with Crippen molar-refractivity contribution in [3.05, 3.63) is 0 Å². The van der Waals surface area contributed by atoms with E-state index in [9.17, 15) is 4.79 Å². The molecule has 2 nitrogen and oxygen atoms in total. The molecule has 1 aliphatic heterocycles. The Morgan fingerprint density at radius 2 is 2.36 bits per heavy atom. The van der Waals surface area contributed by atoms with E-state index in [2.05, 4.69) is 22.9 Å². The molecule has 0 aromatic carbocycles. The second kappa shape index (κ2) is 5.74. The average molecular weight is 262 g/mol. The van der Waals surface area contributed by atoms with Crippen molar-refractivity contribution in [3.8, 4) is 0 Å². The number of carbonyl (C=O) groups excluding carboxylic acids is 1. The van der Waals surface area contributed by atoms with Crippen LogP contribution in [-0.4, -0.2) is 29.2 Å². The number of likely N-dealkylation sites (tertiary alicyclic amines) is 1. The number of hydrogen-bond donors (Lipinski definition) is 0. The van der Waals surface area contributed by atoms with Crippen LogP contribution in [0.5, 0.6) is 0 Å². The molecule has 0 radical (unpaired) electrons. The highest BCUT2D eigenvalue weighted by molar-refractivity contribution is 9.09. The SMILES string of the molecule is CCC(C)C(=O)N1CCCC(CBr)C1. The van der Waals surface area contributed by atoms with Gasteiger partial charge in [0.05, 0.1) is 0 Å². The number of hydrogen-bond acceptors (Lipinski definition) is 1. The smallest absolute Gasteiger partial charge is 0.225 e. The van der Waals surface area contributed by atoms with Gasteiger partial charge in [-0.1, -0.05) is 29.8 Å². The maximum Gasteiger partial charge on any atom is 0.225 e. The van der Waals surface area contributed by atoms with Gasteiger partial charge in [-0.3, -0.25) is 4.79 Å². The quantitative estimate of drug-likeness (QED) is 0.716. The molecule has 1 amide bonds. The standard InChI is InChI=1S/C11H20BrNO/c1-3-9(2)11(14)13-6-4-5-10(7-12)8-13/h9-10H,3-8H2,1-2H3. The summed E-state index contributed by atoms with van der Waals surface area (Å²) in [5.41, 5.74) is 0. The first kappa shape index (κ1) is 12.0. The molecule has 82 valence electrons. The molecule has 1 aliphatic rings. The predicted molar refractivity (Wildman–Crippen MR) is 62.6 cm³/mol. The Bertz CT molecular complexity index is 196. The lowest BCUT2D eigenvalue weighted by Gasteiger charge is -2.33. The molecule has 14 heavy (non-hydrogen) atoms. The van der Waals surface area contributed by atoms with Crippen LogP contribution in [0.1, 0.15) is 33.1 Å². The van der Waals surface area contributed by atoms with Gasteiger partial charge >= 0.3 is 0 Å². The number of carbonyl (C=O) groups is 1. The second-order valence-electron chi connectivity index (χ2n) is 4.26. The van der Waals surface area contributed by atoms with Crippen molar-refractivity contribution in [1.82, 2.24) is 4.90 Å². The lowest BCUT2D eigenvalue weighted by atomic mass is 9.98. The largest absolute Gasteiger partial charge is 0.342 e. The van der Waals surface area contributed by atoms with Crippen LogP contribution < -0.4 is 0 Å². The Kier molecular flexibility index (Phi) is 4.93. The fourth-order valence-corrected chi connectivity index (χ4v) is 2.41. The van der Waals surface area contributed by atoms with E-state index < -0.39 is 0 Å². The maximum absolute atomic E-state index is 11.9. The fraction of sp³-hybridized carbons (Fsp3) is 0.909. The summed E-state index contributed by atoms with van der Waals surface area (Å²) >= 11 is 3.50. The maximum atomic E-state index is 11.9. The van der Waals surface area contributed by atoms with Crippen molar-refractivity contribution < 1.29 is 4.79 Å². The third kappa shape index (κ3) is 2.97. The second-order valence-corrected chi connectivity index (χ2v) is 4.90. The Morgan fingerprint density at radius 3 is 2.93 bits per heavy atom. The molecule has 1 rings (SSSR count). The number of alkyl halides is 1. The van der Waals surface area contributed by atoms with Crippen LogP contribution in [0.4, 0.5) is 0 Å². The highest BCUT2D eigenvalue weighted by atomic mass is 79.9. The van der Waals surface area contributed by atoms with E-state index in [1.165, 1.54) is 12.8 Å². The third-order valence-corrected chi connectivity index (χ3v) is 4.00. The molecule has 0 aromatic heterocycles. The van der Waals surface area contributed by atoms with Gasteiger partial charge in [0, 0.05) is 24.3 Å². The minimum atomic E-state index is 0.198. The van der Waals surface area contributed by atoms with Crippen LogP contribution in [0.2, 0.25) is 0 Å². The number of piperidine rings is 1. The lowest BCUT2D eigenvalue weighted by Crippen LogP contribution is -2.42. The van der Waals surface area contributed by atoms with Crippen LogP contribution in [0.25, 0.3) is 0 Å². The number of amides is 1. The van der Waals surface area contributed by atoms with Crippen LogP contribution in [0.15, 0.2) is 0 Å². The summed E-state index contributed by atoms with van der Waals surface area (Å²) in [6.45, 7) is 6.02. The van der Waals surface area contributed by atoms with E-state index in [1.807, 2.05) is 11.8 Å². The molecule has 1 fully saturated rings. The van der Waals surface area contributed by atoms with Gasteiger partial charge in [-0.05, 0) is 25.2 Å². The van der Waals surface area contributed by atoms with Gasteiger partial charge in [0.2, 0.25) is 5.91 Å². The summed E-state index contributed by atoms with van der Waals surface area (Å²) < 4.78 is 0. The van der Waals surface area contributed by atoms with Gasteiger partial charge in [0.15, 0.2) is 0 Å². The van der Waals surface area contributed by atoms with Gasteiger partial charge in [-0.2, -0.15) is 0 Å². The first-order valence-electron chi connectivity index (χ1n) is 5.53. The Labute approximate surface area is 95.2 Å². The zero-order valence-electron chi connectivity index (χ0n) is 9.13. The van der Waals surface area contributed by atoms with Gasteiger partial charge in [-0.25, -0.2) is 0 Å². The van der Waals surface area contributed by atoms with E-state index in [0.29, 0.717) is 11.8 Å². The average Bonchev–Trinajstić information content (AvgIpc) is 2.27. The van der Waals surface area contributed by atoms with E-state index in [4.69, 9.17) is 0 Å². The van der Waals surface area contributed by atoms with Gasteiger partial charge in [0.25, 0.3) is 0 Å². The van der Waals surface area contributed by atoms with Gasteiger partial charge in [0.1, 0.15) is 0 Å². The van der Waals surface area contributed by atoms with E-state index >= 15 is 0 Å². The molecule has 1 saturated heterocycles. The molecule has 0 aliphatic carbocycles. The molecule has 2 unspecified atom stereocenters. The van der Waals surface area contributed by atoms with Crippen LogP contribution >= 0.6 is 15.9 Å². The first-order valence-corrected chi connectivity index (χ1v) is 6.66. The molecular formula is C11H20BrNO. The monoisotopic (exact) mass is 261 g/mol. The first-order chi connectivity index (χ1) is 6.69. The lowest BCUT2D eigenvalue weighted by molar-refractivity contribution is -0.136. The predicted octanol–water partition coefficient (Wildman–Crippen LogP) is 2.67. The minimum absolute atomic E-state index is 0.198. The number of nitrogens with zero attached hydrogens (tertiary/aromatic N) is 1. The fourth-order valence-electron chi connectivity index (χ4n) is 1.88. The molecule has 0 spiro atoms. The van der Waals surface area contributed by atoms with Gasteiger partial charge in [-0.15, -0.1) is 0 Å². The summed E-state index contributed by atoms with van der Waals surface area (Å²) in [5.74, 6) is 1.21. The van der Waals surface area contributed by atoms with Crippen LogP contribution in [0, 0.1) is 11.8 Å². The summed E-state index contributed by atoms with van der Waals surface area (Å²) in [6, 6.07) is 0. The molecule has 0 bridgehead atoms. The Hall–Kier alpha value is -0.0500. The highest BCUT2D eigenvalue weighted by Crippen LogP contribution is 2.20. The molecule has 3 heteroatoms.